The largest absolute Gasteiger partial charge is 0.461 e. The van der Waals surface area contributed by atoms with Crippen molar-refractivity contribution < 1.29 is 29.0 Å². The van der Waals surface area contributed by atoms with E-state index in [4.69, 9.17) is 9.47 Å². The molecule has 6 nitrogen and oxygen atoms in total. The van der Waals surface area contributed by atoms with Gasteiger partial charge in [-0.3, -0.25) is 14.4 Å². The molecule has 1 aliphatic carbocycles. The van der Waals surface area contributed by atoms with Crippen molar-refractivity contribution in [2.45, 2.75) is 32.2 Å². The zero-order valence-corrected chi connectivity index (χ0v) is 20.7. The number of carbonyl (C=O) groups is 3. The van der Waals surface area contributed by atoms with E-state index in [9.17, 15) is 19.5 Å². The molecule has 3 aromatic rings. The fraction of sp³-hybridized carbons (Fsp3) is 0.258. The van der Waals surface area contributed by atoms with E-state index < -0.39 is 41.1 Å². The van der Waals surface area contributed by atoms with Crippen molar-refractivity contribution in [3.05, 3.63) is 114 Å². The molecular formula is C31H30O6. The molecule has 0 spiro atoms. The maximum Gasteiger partial charge on any atom is 0.317 e. The van der Waals surface area contributed by atoms with Gasteiger partial charge >= 0.3 is 11.9 Å². The minimum Gasteiger partial charge on any atom is -0.461 e. The summed E-state index contributed by atoms with van der Waals surface area (Å²) in [6.45, 7) is 1.45. The van der Waals surface area contributed by atoms with Crippen LogP contribution in [0.25, 0.3) is 6.08 Å². The predicted octanol–water partition coefficient (Wildman–Crippen LogP) is 4.76. The summed E-state index contributed by atoms with van der Waals surface area (Å²) in [4.78, 5) is 39.8. The Kier molecular flexibility index (Phi) is 8.31. The van der Waals surface area contributed by atoms with Gasteiger partial charge in [0.15, 0.2) is 5.78 Å². The highest BCUT2D eigenvalue weighted by Crippen LogP contribution is 2.42. The van der Waals surface area contributed by atoms with Crippen molar-refractivity contribution in [3.63, 3.8) is 0 Å². The molecule has 190 valence electrons. The SMILES string of the molecule is C[C@]1(O)CC(=O)[C@H](C(=O)OCc2ccccc2)[C@H](/C=C/c2ccccc2)[C@H]1C(=O)OCc1ccccc1. The summed E-state index contributed by atoms with van der Waals surface area (Å²) < 4.78 is 11.1. The number of rotatable bonds is 8. The number of hydrogen-bond donors (Lipinski definition) is 1. The maximum absolute atomic E-state index is 13.4. The molecular weight excluding hydrogens is 468 g/mol. The van der Waals surface area contributed by atoms with E-state index in [0.29, 0.717) is 0 Å². The molecule has 0 heterocycles. The van der Waals surface area contributed by atoms with Crippen LogP contribution in [0.4, 0.5) is 0 Å². The Hall–Kier alpha value is -4.03. The molecule has 3 aromatic carbocycles. The Morgan fingerprint density at radius 1 is 0.838 bits per heavy atom. The maximum atomic E-state index is 13.4. The molecule has 6 heteroatoms. The number of ketones is 1. The Bertz CT molecular complexity index is 1230. The number of allylic oxidation sites excluding steroid dienone is 1. The van der Waals surface area contributed by atoms with Crippen molar-refractivity contribution in [2.24, 2.45) is 17.8 Å². The summed E-state index contributed by atoms with van der Waals surface area (Å²) >= 11 is 0. The van der Waals surface area contributed by atoms with Gasteiger partial charge in [-0.2, -0.15) is 0 Å². The van der Waals surface area contributed by atoms with Crippen molar-refractivity contribution in [2.75, 3.05) is 0 Å². The zero-order valence-electron chi connectivity index (χ0n) is 20.7. The summed E-state index contributed by atoms with van der Waals surface area (Å²) in [5, 5.41) is 11.2. The number of hydrogen-bond acceptors (Lipinski definition) is 6. The number of Topliss-reactive ketones (excluding diaryl/α,β-unsaturated/α-hetero) is 1. The Balaban J connectivity index is 1.62. The van der Waals surface area contributed by atoms with Gasteiger partial charge in [-0.1, -0.05) is 103 Å². The molecule has 1 aliphatic rings. The molecule has 0 aliphatic heterocycles. The Labute approximate surface area is 216 Å². The summed E-state index contributed by atoms with van der Waals surface area (Å²) in [7, 11) is 0. The van der Waals surface area contributed by atoms with Crippen molar-refractivity contribution in [1.82, 2.24) is 0 Å². The van der Waals surface area contributed by atoms with Crippen LogP contribution in [-0.2, 0) is 37.1 Å². The fourth-order valence-electron chi connectivity index (χ4n) is 4.74. The standard InChI is InChI=1S/C31H30O6/c1-31(35)19-26(32)27(29(33)36-20-23-13-7-3-8-14-23)25(18-17-22-11-5-2-6-12-22)28(31)30(34)37-21-24-15-9-4-10-16-24/h2-18,25,27-28,35H,19-21H2,1H3/b18-17+/t25-,27+,28-,31-/m0/s1. The van der Waals surface area contributed by atoms with E-state index in [0.717, 1.165) is 16.7 Å². The first-order valence-corrected chi connectivity index (χ1v) is 12.2. The third-order valence-electron chi connectivity index (χ3n) is 6.58. The van der Waals surface area contributed by atoms with E-state index >= 15 is 0 Å². The number of esters is 2. The van der Waals surface area contributed by atoms with Crippen molar-refractivity contribution in [1.29, 1.82) is 0 Å². The van der Waals surface area contributed by atoms with Crippen LogP contribution < -0.4 is 0 Å². The molecule has 0 aromatic heterocycles. The molecule has 1 fully saturated rings. The first kappa shape index (κ1) is 26.0. The molecule has 4 rings (SSSR count). The van der Waals surface area contributed by atoms with Crippen LogP contribution in [0.5, 0.6) is 0 Å². The van der Waals surface area contributed by atoms with Crippen molar-refractivity contribution in [3.8, 4) is 0 Å². The molecule has 0 radical (unpaired) electrons. The average molecular weight is 499 g/mol. The molecule has 4 atom stereocenters. The van der Waals surface area contributed by atoms with Gasteiger partial charge in [0.1, 0.15) is 19.1 Å². The van der Waals surface area contributed by atoms with E-state index in [2.05, 4.69) is 0 Å². The lowest BCUT2D eigenvalue weighted by atomic mass is 9.63. The highest BCUT2D eigenvalue weighted by atomic mass is 16.5. The third-order valence-corrected chi connectivity index (χ3v) is 6.58. The van der Waals surface area contributed by atoms with Gasteiger partial charge in [-0.05, 0) is 23.6 Å². The number of carbonyl (C=O) groups excluding carboxylic acids is 3. The lowest BCUT2D eigenvalue weighted by Crippen LogP contribution is -2.55. The number of benzene rings is 3. The summed E-state index contributed by atoms with van der Waals surface area (Å²) in [6, 6.07) is 27.7. The van der Waals surface area contributed by atoms with Gasteiger partial charge in [0, 0.05) is 12.3 Å². The second-order valence-corrected chi connectivity index (χ2v) is 9.49. The van der Waals surface area contributed by atoms with Gasteiger partial charge in [0.05, 0.1) is 11.5 Å². The molecule has 0 saturated heterocycles. The van der Waals surface area contributed by atoms with E-state index in [1.807, 2.05) is 91.0 Å². The van der Waals surface area contributed by atoms with Crippen LogP contribution in [0.15, 0.2) is 97.1 Å². The Morgan fingerprint density at radius 2 is 1.32 bits per heavy atom. The zero-order chi connectivity index (χ0) is 26.3. The first-order valence-electron chi connectivity index (χ1n) is 12.2. The van der Waals surface area contributed by atoms with Gasteiger partial charge < -0.3 is 14.6 Å². The van der Waals surface area contributed by atoms with Crippen LogP contribution in [0.1, 0.15) is 30.0 Å². The highest BCUT2D eigenvalue weighted by Gasteiger charge is 2.55. The quantitative estimate of drug-likeness (QED) is 0.356. The van der Waals surface area contributed by atoms with E-state index in [1.54, 1.807) is 12.2 Å². The monoisotopic (exact) mass is 498 g/mol. The second kappa shape index (κ2) is 11.8. The normalized spacial score (nSPS) is 23.5. The summed E-state index contributed by atoms with van der Waals surface area (Å²) in [6.07, 6.45) is 3.02. The number of ether oxygens (including phenoxy) is 2. The van der Waals surface area contributed by atoms with Gasteiger partial charge in [-0.15, -0.1) is 0 Å². The lowest BCUT2D eigenvalue weighted by molar-refractivity contribution is -0.176. The lowest BCUT2D eigenvalue weighted by Gasteiger charge is -2.42. The average Bonchev–Trinajstić information content (AvgIpc) is 2.90. The molecule has 0 amide bonds. The Morgan fingerprint density at radius 3 is 1.86 bits per heavy atom. The van der Waals surface area contributed by atoms with Crippen LogP contribution in [-0.4, -0.2) is 28.4 Å². The predicted molar refractivity (Wildman–Crippen MR) is 139 cm³/mol. The fourth-order valence-corrected chi connectivity index (χ4v) is 4.74. The van der Waals surface area contributed by atoms with Gasteiger partial charge in [-0.25, -0.2) is 0 Å². The van der Waals surface area contributed by atoms with Crippen LogP contribution in [0.2, 0.25) is 0 Å². The topological polar surface area (TPSA) is 89.9 Å². The minimum absolute atomic E-state index is 0.00190. The highest BCUT2D eigenvalue weighted by molar-refractivity contribution is 6.02. The summed E-state index contributed by atoms with van der Waals surface area (Å²) in [5.74, 6) is -5.24. The minimum atomic E-state index is -1.70. The smallest absolute Gasteiger partial charge is 0.317 e. The van der Waals surface area contributed by atoms with Crippen LogP contribution in [0.3, 0.4) is 0 Å². The van der Waals surface area contributed by atoms with E-state index in [-0.39, 0.29) is 19.6 Å². The van der Waals surface area contributed by atoms with Crippen molar-refractivity contribution >= 4 is 23.8 Å². The molecule has 0 bridgehead atoms. The molecule has 1 N–H and O–H groups in total. The van der Waals surface area contributed by atoms with Crippen LogP contribution in [0, 0.1) is 17.8 Å². The second-order valence-electron chi connectivity index (χ2n) is 9.49. The molecule has 37 heavy (non-hydrogen) atoms. The molecule has 1 saturated carbocycles. The van der Waals surface area contributed by atoms with Gasteiger partial charge in [0.2, 0.25) is 0 Å². The number of aliphatic hydroxyl groups is 1. The van der Waals surface area contributed by atoms with E-state index in [1.165, 1.54) is 6.92 Å². The van der Waals surface area contributed by atoms with Gasteiger partial charge in [0.25, 0.3) is 0 Å². The summed E-state index contributed by atoms with van der Waals surface area (Å²) in [5.41, 5.74) is 0.694. The van der Waals surface area contributed by atoms with Crippen LogP contribution >= 0.6 is 0 Å². The first-order chi connectivity index (χ1) is 17.8. The third kappa shape index (κ3) is 6.60. The molecule has 0 unspecified atom stereocenters.